The Morgan fingerprint density at radius 1 is 1.25 bits per heavy atom. The molecule has 1 N–H and O–H groups in total. The Labute approximate surface area is 119 Å². The van der Waals surface area contributed by atoms with Crippen molar-refractivity contribution in [1.29, 1.82) is 0 Å². The van der Waals surface area contributed by atoms with Crippen LogP contribution in [0.4, 0.5) is 5.82 Å². The molecule has 20 heavy (non-hydrogen) atoms. The molecule has 0 radical (unpaired) electrons. The first-order valence-corrected chi connectivity index (χ1v) is 7.07. The maximum atomic E-state index is 4.61. The number of nitrogens with zero attached hydrogens (tertiary/aromatic N) is 4. The van der Waals surface area contributed by atoms with Crippen LogP contribution in [0.5, 0.6) is 0 Å². The molecule has 5 heteroatoms. The smallest absolute Gasteiger partial charge is 0.180 e. The minimum atomic E-state index is 0.558. The molecule has 2 heterocycles. The van der Waals surface area contributed by atoms with Crippen molar-refractivity contribution in [2.45, 2.75) is 33.6 Å². The van der Waals surface area contributed by atoms with Gasteiger partial charge in [0.2, 0.25) is 0 Å². The fourth-order valence-electron chi connectivity index (χ4n) is 1.90. The quantitative estimate of drug-likeness (QED) is 0.875. The number of hydrogen-bond donors (Lipinski definition) is 1. The van der Waals surface area contributed by atoms with Crippen LogP contribution in [0.2, 0.25) is 0 Å². The van der Waals surface area contributed by atoms with Crippen molar-refractivity contribution in [3.63, 3.8) is 0 Å². The molecule has 2 aromatic heterocycles. The van der Waals surface area contributed by atoms with Crippen molar-refractivity contribution in [2.24, 2.45) is 5.92 Å². The largest absolute Gasteiger partial charge is 0.370 e. The summed E-state index contributed by atoms with van der Waals surface area (Å²) in [6, 6.07) is 3.86. The second kappa shape index (κ2) is 6.93. The third kappa shape index (κ3) is 3.98. The Morgan fingerprint density at radius 2 is 2.10 bits per heavy atom. The van der Waals surface area contributed by atoms with Gasteiger partial charge in [-0.2, -0.15) is 0 Å². The summed E-state index contributed by atoms with van der Waals surface area (Å²) in [5.74, 6) is 2.08. The summed E-state index contributed by atoms with van der Waals surface area (Å²) in [5.41, 5.74) is 1.80. The van der Waals surface area contributed by atoms with E-state index in [-0.39, 0.29) is 0 Å². The van der Waals surface area contributed by atoms with Crippen molar-refractivity contribution in [1.82, 2.24) is 19.9 Å². The highest BCUT2D eigenvalue weighted by molar-refractivity contribution is 5.52. The molecule has 0 saturated heterocycles. The second-order valence-corrected chi connectivity index (χ2v) is 5.19. The lowest BCUT2D eigenvalue weighted by Crippen LogP contribution is -2.07. The molecular weight excluding hydrogens is 250 g/mol. The van der Waals surface area contributed by atoms with E-state index in [1.165, 1.54) is 6.33 Å². The van der Waals surface area contributed by atoms with E-state index < -0.39 is 0 Å². The fourth-order valence-corrected chi connectivity index (χ4v) is 1.90. The van der Waals surface area contributed by atoms with E-state index in [2.05, 4.69) is 46.0 Å². The van der Waals surface area contributed by atoms with E-state index >= 15 is 0 Å². The summed E-state index contributed by atoms with van der Waals surface area (Å²) in [7, 11) is 0. The predicted molar refractivity (Wildman–Crippen MR) is 80.4 cm³/mol. The minimum absolute atomic E-state index is 0.558. The Bertz CT molecular complexity index is 539. The lowest BCUT2D eigenvalue weighted by Gasteiger charge is -2.10. The minimum Gasteiger partial charge on any atom is -0.370 e. The average molecular weight is 271 g/mol. The summed E-state index contributed by atoms with van der Waals surface area (Å²) in [6.07, 6.45) is 5.22. The Balaban J connectivity index is 2.34. The summed E-state index contributed by atoms with van der Waals surface area (Å²) in [6.45, 7) is 7.41. The number of nitrogens with one attached hydrogen (secondary N) is 1. The van der Waals surface area contributed by atoms with Crippen LogP contribution in [-0.4, -0.2) is 26.5 Å². The van der Waals surface area contributed by atoms with E-state index in [0.717, 1.165) is 36.6 Å². The van der Waals surface area contributed by atoms with Crippen LogP contribution in [-0.2, 0) is 6.42 Å². The molecule has 2 rings (SSSR count). The second-order valence-electron chi connectivity index (χ2n) is 5.19. The van der Waals surface area contributed by atoms with Gasteiger partial charge in [0.1, 0.15) is 17.8 Å². The van der Waals surface area contributed by atoms with Gasteiger partial charge in [-0.1, -0.05) is 20.8 Å². The summed E-state index contributed by atoms with van der Waals surface area (Å²) >= 11 is 0. The summed E-state index contributed by atoms with van der Waals surface area (Å²) in [5, 5.41) is 3.32. The topological polar surface area (TPSA) is 63.6 Å². The average Bonchev–Trinajstić information content (AvgIpc) is 2.45. The first-order valence-electron chi connectivity index (χ1n) is 7.07. The van der Waals surface area contributed by atoms with Gasteiger partial charge < -0.3 is 5.32 Å². The molecule has 0 spiro atoms. The van der Waals surface area contributed by atoms with Crippen LogP contribution in [0, 0.1) is 5.92 Å². The molecule has 0 bridgehead atoms. The first-order chi connectivity index (χ1) is 9.69. The lowest BCUT2D eigenvalue weighted by molar-refractivity contribution is 0.634. The molecule has 0 amide bonds. The zero-order chi connectivity index (χ0) is 14.4. The third-order valence-electron chi connectivity index (χ3n) is 2.76. The van der Waals surface area contributed by atoms with Gasteiger partial charge in [0.25, 0.3) is 0 Å². The highest BCUT2D eigenvalue weighted by Crippen LogP contribution is 2.17. The molecule has 5 nitrogen and oxygen atoms in total. The molecule has 0 aliphatic carbocycles. The van der Waals surface area contributed by atoms with Gasteiger partial charge in [0.05, 0.1) is 0 Å². The van der Waals surface area contributed by atoms with E-state index in [9.17, 15) is 0 Å². The standard InChI is InChI=1S/C15H21N5/c1-4-6-17-14-9-12(8-11(2)3)19-15(20-14)13-5-7-16-10-18-13/h5,7,9-11H,4,6,8H2,1-3H3,(H,17,19,20). The SMILES string of the molecule is CCCNc1cc(CC(C)C)nc(-c2ccncn2)n1. The van der Waals surface area contributed by atoms with Gasteiger partial charge in [0, 0.05) is 24.5 Å². The molecule has 0 atom stereocenters. The maximum absolute atomic E-state index is 4.61. The monoisotopic (exact) mass is 271 g/mol. The number of rotatable bonds is 6. The number of hydrogen-bond acceptors (Lipinski definition) is 5. The van der Waals surface area contributed by atoms with Crippen molar-refractivity contribution in [2.75, 3.05) is 11.9 Å². The molecule has 106 valence electrons. The number of anilines is 1. The van der Waals surface area contributed by atoms with Crippen LogP contribution < -0.4 is 5.32 Å². The van der Waals surface area contributed by atoms with E-state index in [1.807, 2.05) is 12.1 Å². The molecule has 2 aromatic rings. The van der Waals surface area contributed by atoms with E-state index in [4.69, 9.17) is 0 Å². The van der Waals surface area contributed by atoms with Gasteiger partial charge >= 0.3 is 0 Å². The van der Waals surface area contributed by atoms with E-state index in [1.54, 1.807) is 6.20 Å². The van der Waals surface area contributed by atoms with Crippen molar-refractivity contribution < 1.29 is 0 Å². The molecule has 0 aliphatic heterocycles. The van der Waals surface area contributed by atoms with Crippen LogP contribution in [0.3, 0.4) is 0 Å². The molecule has 0 aromatic carbocycles. The van der Waals surface area contributed by atoms with Gasteiger partial charge in [0.15, 0.2) is 5.82 Å². The van der Waals surface area contributed by atoms with Crippen LogP contribution in [0.15, 0.2) is 24.7 Å². The highest BCUT2D eigenvalue weighted by Gasteiger charge is 2.09. The zero-order valence-electron chi connectivity index (χ0n) is 12.3. The zero-order valence-corrected chi connectivity index (χ0v) is 12.3. The first kappa shape index (κ1) is 14.4. The highest BCUT2D eigenvalue weighted by atomic mass is 15.0. The molecular formula is C15H21N5. The number of aromatic nitrogens is 4. The lowest BCUT2D eigenvalue weighted by atomic mass is 10.1. The molecule has 0 unspecified atom stereocenters. The summed E-state index contributed by atoms with van der Waals surface area (Å²) in [4.78, 5) is 17.3. The Kier molecular flexibility index (Phi) is 4.98. The fraction of sp³-hybridized carbons (Fsp3) is 0.467. The van der Waals surface area contributed by atoms with Crippen molar-refractivity contribution in [3.8, 4) is 11.5 Å². The molecule has 0 fully saturated rings. The Morgan fingerprint density at radius 3 is 2.75 bits per heavy atom. The van der Waals surface area contributed by atoms with E-state index in [0.29, 0.717) is 11.7 Å². The third-order valence-corrected chi connectivity index (χ3v) is 2.76. The van der Waals surface area contributed by atoms with Crippen LogP contribution in [0.25, 0.3) is 11.5 Å². The normalized spacial score (nSPS) is 10.8. The van der Waals surface area contributed by atoms with Gasteiger partial charge in [-0.3, -0.25) is 0 Å². The van der Waals surface area contributed by atoms with Gasteiger partial charge in [-0.15, -0.1) is 0 Å². The maximum Gasteiger partial charge on any atom is 0.180 e. The molecule has 0 aliphatic rings. The van der Waals surface area contributed by atoms with Crippen LogP contribution in [0.1, 0.15) is 32.9 Å². The van der Waals surface area contributed by atoms with Crippen LogP contribution >= 0.6 is 0 Å². The predicted octanol–water partition coefficient (Wildman–Crippen LogP) is 2.95. The summed E-state index contributed by atoms with van der Waals surface area (Å²) < 4.78 is 0. The van der Waals surface area contributed by atoms with Crippen molar-refractivity contribution >= 4 is 5.82 Å². The molecule has 0 saturated carbocycles. The van der Waals surface area contributed by atoms with Gasteiger partial charge in [-0.05, 0) is 24.8 Å². The van der Waals surface area contributed by atoms with Crippen molar-refractivity contribution in [3.05, 3.63) is 30.4 Å². The van der Waals surface area contributed by atoms with Gasteiger partial charge in [-0.25, -0.2) is 19.9 Å². The Hall–Kier alpha value is -2.04.